The SMILES string of the molecule is C.CC(C)(C)[S@@](=O)N[C@H](c1ccccc1)C1CC1.CO.N[C@H](c1ccccc1)C1CC1.[Cl-]. The molecule has 2 saturated carbocycles. The van der Waals surface area contributed by atoms with Crippen molar-refractivity contribution in [3.8, 4) is 0 Å². The third kappa shape index (κ3) is 10.1. The monoisotopic (exact) mass is 481 g/mol. The Morgan fingerprint density at radius 3 is 1.66 bits per heavy atom. The molecule has 0 amide bonds. The summed E-state index contributed by atoms with van der Waals surface area (Å²) in [6.45, 7) is 6.02. The first kappa shape index (κ1) is 30.8. The van der Waals surface area contributed by atoms with E-state index in [0.717, 1.165) is 13.0 Å². The molecule has 0 bridgehead atoms. The van der Waals surface area contributed by atoms with Crippen LogP contribution in [0.3, 0.4) is 0 Å². The molecular formula is C26H42ClN2O2S-. The Labute approximate surface area is 204 Å². The van der Waals surface area contributed by atoms with Crippen molar-refractivity contribution in [2.45, 2.75) is 70.7 Å². The Morgan fingerprint density at radius 2 is 1.28 bits per heavy atom. The van der Waals surface area contributed by atoms with E-state index >= 15 is 0 Å². The molecule has 0 saturated heterocycles. The highest BCUT2D eigenvalue weighted by Crippen LogP contribution is 2.41. The predicted molar refractivity (Wildman–Crippen MR) is 134 cm³/mol. The highest BCUT2D eigenvalue weighted by Gasteiger charge is 2.35. The number of hydrogen-bond acceptors (Lipinski definition) is 3. The highest BCUT2D eigenvalue weighted by molar-refractivity contribution is 7.84. The van der Waals surface area contributed by atoms with Crippen molar-refractivity contribution in [3.63, 3.8) is 0 Å². The van der Waals surface area contributed by atoms with Crippen LogP contribution in [0.15, 0.2) is 60.7 Å². The molecule has 0 spiro atoms. The molecule has 0 aromatic heterocycles. The van der Waals surface area contributed by atoms with Crippen LogP contribution in [0.4, 0.5) is 0 Å². The number of nitrogens with two attached hydrogens (primary N) is 1. The van der Waals surface area contributed by atoms with Crippen molar-refractivity contribution in [2.75, 3.05) is 7.11 Å². The fourth-order valence-electron chi connectivity index (χ4n) is 3.22. The van der Waals surface area contributed by atoms with Gasteiger partial charge in [0.15, 0.2) is 0 Å². The molecule has 4 nitrogen and oxygen atoms in total. The van der Waals surface area contributed by atoms with Crippen LogP contribution >= 0.6 is 0 Å². The summed E-state index contributed by atoms with van der Waals surface area (Å²) in [6, 6.07) is 21.3. The van der Waals surface area contributed by atoms with Gasteiger partial charge in [-0.05, 0) is 69.4 Å². The first-order valence-electron chi connectivity index (χ1n) is 10.8. The van der Waals surface area contributed by atoms with Gasteiger partial charge in [0.2, 0.25) is 0 Å². The average Bonchev–Trinajstić information content (AvgIpc) is 3.67. The van der Waals surface area contributed by atoms with Gasteiger partial charge in [-0.15, -0.1) is 0 Å². The van der Waals surface area contributed by atoms with Crippen molar-refractivity contribution in [1.82, 2.24) is 4.72 Å². The second-order valence-corrected chi connectivity index (χ2v) is 11.0. The Morgan fingerprint density at radius 1 is 0.875 bits per heavy atom. The predicted octanol–water partition coefficient (Wildman–Crippen LogP) is 2.53. The van der Waals surface area contributed by atoms with E-state index < -0.39 is 11.0 Å². The Bertz CT molecular complexity index is 760. The number of nitrogens with one attached hydrogen (secondary N) is 1. The number of benzene rings is 2. The topological polar surface area (TPSA) is 75.3 Å². The fourth-order valence-corrected chi connectivity index (χ4v) is 4.13. The summed E-state index contributed by atoms with van der Waals surface area (Å²) in [4.78, 5) is 0. The third-order valence-electron chi connectivity index (χ3n) is 5.36. The number of hydrogen-bond donors (Lipinski definition) is 3. The van der Waals surface area contributed by atoms with Gasteiger partial charge in [-0.25, -0.2) is 8.93 Å². The average molecular weight is 482 g/mol. The molecule has 4 rings (SSSR count). The molecule has 6 heteroatoms. The van der Waals surface area contributed by atoms with Crippen LogP contribution in [0, 0.1) is 11.8 Å². The van der Waals surface area contributed by atoms with E-state index in [4.69, 9.17) is 10.8 Å². The number of aliphatic hydroxyl groups excluding tert-OH is 1. The van der Waals surface area contributed by atoms with Gasteiger partial charge in [0.05, 0.1) is 15.7 Å². The van der Waals surface area contributed by atoms with E-state index in [-0.39, 0.29) is 36.7 Å². The molecule has 2 aromatic carbocycles. The van der Waals surface area contributed by atoms with Crippen LogP contribution in [0.2, 0.25) is 0 Å². The van der Waals surface area contributed by atoms with Gasteiger partial charge in [0, 0.05) is 19.2 Å². The van der Waals surface area contributed by atoms with Crippen LogP contribution < -0.4 is 22.9 Å². The van der Waals surface area contributed by atoms with Crippen LogP contribution in [-0.4, -0.2) is 21.2 Å². The maximum Gasteiger partial charge on any atom is 0.0976 e. The molecule has 2 aromatic rings. The maximum atomic E-state index is 12.2. The summed E-state index contributed by atoms with van der Waals surface area (Å²) in [7, 11) is 0.00153. The zero-order valence-corrected chi connectivity index (χ0v) is 20.7. The maximum absolute atomic E-state index is 12.2. The highest BCUT2D eigenvalue weighted by atomic mass is 35.5. The zero-order chi connectivity index (χ0) is 22.1. The van der Waals surface area contributed by atoms with Gasteiger partial charge in [-0.3, -0.25) is 0 Å². The van der Waals surface area contributed by atoms with Gasteiger partial charge < -0.3 is 23.2 Å². The first-order chi connectivity index (χ1) is 14.4. The summed E-state index contributed by atoms with van der Waals surface area (Å²) in [5, 5.41) is 7.00. The second kappa shape index (κ2) is 14.8. The minimum absolute atomic E-state index is 0. The minimum Gasteiger partial charge on any atom is -1.00 e. The van der Waals surface area contributed by atoms with E-state index in [9.17, 15) is 4.21 Å². The number of halogens is 1. The third-order valence-corrected chi connectivity index (χ3v) is 6.94. The molecule has 4 N–H and O–H groups in total. The molecule has 182 valence electrons. The van der Waals surface area contributed by atoms with Crippen LogP contribution in [0.1, 0.15) is 77.1 Å². The summed E-state index contributed by atoms with van der Waals surface area (Å²) in [5.41, 5.74) is 8.54. The van der Waals surface area contributed by atoms with E-state index in [2.05, 4.69) is 41.1 Å². The summed E-state index contributed by atoms with van der Waals surface area (Å²) in [5.74, 6) is 1.42. The van der Waals surface area contributed by atoms with Gasteiger partial charge in [-0.1, -0.05) is 68.1 Å². The molecule has 0 unspecified atom stereocenters. The standard InChI is InChI=1S/C14H21NOS.C10H13N.CH4O.CH4.ClH/c1-14(2,3)17(16)15-13(12-9-10-12)11-7-5-4-6-8-11;11-10(9-6-7-9)8-4-2-1-3-5-8;1-2;;/h4-8,12-13,15H,9-10H2,1-3H3;1-5,9-10H,6-7,11H2;2H,1H3;1H4;1H/p-1/t13-,17-;10-;;;/m11.../s1. The molecule has 3 atom stereocenters. The molecule has 0 radical (unpaired) electrons. The minimum atomic E-state index is -0.998. The molecular weight excluding hydrogens is 440 g/mol. The smallest absolute Gasteiger partial charge is 0.0976 e. The Balaban J connectivity index is 0.000000559. The second-order valence-electron chi connectivity index (χ2n) is 9.00. The largest absolute Gasteiger partial charge is 1.00 e. The van der Waals surface area contributed by atoms with Crippen LogP contribution in [0.5, 0.6) is 0 Å². The summed E-state index contributed by atoms with van der Waals surface area (Å²) in [6.07, 6.45) is 5.12. The van der Waals surface area contributed by atoms with Gasteiger partial charge in [0.25, 0.3) is 0 Å². The lowest BCUT2D eigenvalue weighted by molar-refractivity contribution is -0.00000875. The summed E-state index contributed by atoms with van der Waals surface area (Å²) >= 11 is 0. The van der Waals surface area contributed by atoms with Crippen molar-refractivity contribution < 1.29 is 21.7 Å². The molecule has 2 fully saturated rings. The molecule has 0 heterocycles. The van der Waals surface area contributed by atoms with Gasteiger partial charge >= 0.3 is 0 Å². The Kier molecular flexibility index (Phi) is 14.2. The fraction of sp³-hybridized carbons (Fsp3) is 0.538. The van der Waals surface area contributed by atoms with E-state index in [1.54, 1.807) is 0 Å². The Hall–Kier alpha value is -1.24. The van der Waals surface area contributed by atoms with Crippen LogP contribution in [0.25, 0.3) is 0 Å². The molecule has 2 aliphatic carbocycles. The zero-order valence-electron chi connectivity index (χ0n) is 19.1. The van der Waals surface area contributed by atoms with Crippen molar-refractivity contribution >= 4 is 11.0 Å². The van der Waals surface area contributed by atoms with E-state index in [1.807, 2.05) is 45.0 Å². The number of aliphatic hydroxyl groups is 1. The van der Waals surface area contributed by atoms with E-state index in [1.165, 1.54) is 36.8 Å². The lowest BCUT2D eigenvalue weighted by Gasteiger charge is -2.24. The molecule has 2 aliphatic rings. The quantitative estimate of drug-likeness (QED) is 0.593. The van der Waals surface area contributed by atoms with Crippen molar-refractivity contribution in [2.24, 2.45) is 17.6 Å². The molecule has 0 aliphatic heterocycles. The van der Waals surface area contributed by atoms with Crippen molar-refractivity contribution in [3.05, 3.63) is 71.8 Å². The molecule has 32 heavy (non-hydrogen) atoms. The summed E-state index contributed by atoms with van der Waals surface area (Å²) < 4.78 is 15.3. The number of rotatable bonds is 6. The first-order valence-corrected chi connectivity index (χ1v) is 12.0. The lowest BCUT2D eigenvalue weighted by Crippen LogP contribution is -3.00. The normalized spacial score (nSPS) is 17.6. The van der Waals surface area contributed by atoms with Gasteiger partial charge in [0.1, 0.15) is 0 Å². The van der Waals surface area contributed by atoms with Gasteiger partial charge in [-0.2, -0.15) is 0 Å². The van der Waals surface area contributed by atoms with E-state index in [0.29, 0.717) is 5.92 Å². The van der Waals surface area contributed by atoms with Crippen LogP contribution in [-0.2, 0) is 11.0 Å². The van der Waals surface area contributed by atoms with Crippen molar-refractivity contribution in [1.29, 1.82) is 0 Å². The lowest BCUT2D eigenvalue weighted by atomic mass is 10.0.